The van der Waals surface area contributed by atoms with Gasteiger partial charge < -0.3 is 9.73 Å². The van der Waals surface area contributed by atoms with E-state index in [-0.39, 0.29) is 0 Å². The van der Waals surface area contributed by atoms with Crippen LogP contribution in [-0.2, 0) is 6.54 Å². The second-order valence-electron chi connectivity index (χ2n) is 3.96. The van der Waals surface area contributed by atoms with Gasteiger partial charge in [-0.2, -0.15) is 11.8 Å². The van der Waals surface area contributed by atoms with E-state index in [1.165, 1.54) is 19.3 Å². The highest BCUT2D eigenvalue weighted by molar-refractivity contribution is 7.99. The summed E-state index contributed by atoms with van der Waals surface area (Å²) in [5, 5.41) is 12.1. The number of aryl methyl sites for hydroxylation is 1. The summed E-state index contributed by atoms with van der Waals surface area (Å²) < 4.78 is 5.31. The third kappa shape index (κ3) is 2.95. The van der Waals surface area contributed by atoms with Gasteiger partial charge >= 0.3 is 0 Å². The average molecular weight is 227 g/mol. The molecule has 1 heterocycles. The van der Waals surface area contributed by atoms with Crippen LogP contribution in [-0.4, -0.2) is 27.7 Å². The second kappa shape index (κ2) is 4.99. The SMILES string of the molecule is CSC1CCC(NCc2nnc(C)o2)C1. The predicted octanol–water partition coefficient (Wildman–Crippen LogP) is 1.75. The van der Waals surface area contributed by atoms with E-state index in [0.29, 0.717) is 24.4 Å². The molecule has 1 saturated carbocycles. The quantitative estimate of drug-likeness (QED) is 0.849. The molecule has 0 aromatic carbocycles. The first-order valence-electron chi connectivity index (χ1n) is 5.33. The van der Waals surface area contributed by atoms with Crippen molar-refractivity contribution in [1.82, 2.24) is 15.5 Å². The van der Waals surface area contributed by atoms with Crippen LogP contribution < -0.4 is 5.32 Å². The Balaban J connectivity index is 1.75. The van der Waals surface area contributed by atoms with Gasteiger partial charge in [0.05, 0.1) is 6.54 Å². The van der Waals surface area contributed by atoms with Crippen LogP contribution in [0.2, 0.25) is 0 Å². The van der Waals surface area contributed by atoms with Gasteiger partial charge in [-0.1, -0.05) is 0 Å². The number of nitrogens with one attached hydrogen (secondary N) is 1. The lowest BCUT2D eigenvalue weighted by Crippen LogP contribution is -2.26. The molecule has 0 saturated heterocycles. The monoisotopic (exact) mass is 227 g/mol. The van der Waals surface area contributed by atoms with Crippen molar-refractivity contribution in [2.75, 3.05) is 6.26 Å². The lowest BCUT2D eigenvalue weighted by molar-refractivity contribution is 0.421. The van der Waals surface area contributed by atoms with Crippen LogP contribution in [0.4, 0.5) is 0 Å². The van der Waals surface area contributed by atoms with Gasteiger partial charge in [0.2, 0.25) is 11.8 Å². The molecule has 1 aliphatic carbocycles. The lowest BCUT2D eigenvalue weighted by atomic mass is 10.2. The van der Waals surface area contributed by atoms with Crippen LogP contribution in [0.15, 0.2) is 4.42 Å². The minimum Gasteiger partial charge on any atom is -0.424 e. The molecule has 1 aliphatic rings. The van der Waals surface area contributed by atoms with Crippen molar-refractivity contribution in [3.8, 4) is 0 Å². The summed E-state index contributed by atoms with van der Waals surface area (Å²) in [5.41, 5.74) is 0. The molecule has 2 unspecified atom stereocenters. The van der Waals surface area contributed by atoms with Crippen molar-refractivity contribution >= 4 is 11.8 Å². The van der Waals surface area contributed by atoms with Crippen LogP contribution >= 0.6 is 11.8 Å². The number of thioether (sulfide) groups is 1. The molecule has 0 bridgehead atoms. The molecule has 5 heteroatoms. The third-order valence-corrected chi connectivity index (χ3v) is 3.92. The Morgan fingerprint density at radius 2 is 2.33 bits per heavy atom. The Morgan fingerprint density at radius 1 is 1.47 bits per heavy atom. The van der Waals surface area contributed by atoms with Gasteiger partial charge in [0.25, 0.3) is 0 Å². The molecule has 1 N–H and O–H groups in total. The van der Waals surface area contributed by atoms with Gasteiger partial charge in [-0.15, -0.1) is 10.2 Å². The molecule has 1 aromatic heterocycles. The number of hydrogen-bond donors (Lipinski definition) is 1. The fourth-order valence-corrected chi connectivity index (χ4v) is 2.78. The van der Waals surface area contributed by atoms with E-state index in [1.807, 2.05) is 18.7 Å². The van der Waals surface area contributed by atoms with Crippen LogP contribution in [0.1, 0.15) is 31.0 Å². The van der Waals surface area contributed by atoms with Crippen molar-refractivity contribution < 1.29 is 4.42 Å². The van der Waals surface area contributed by atoms with E-state index in [0.717, 1.165) is 5.25 Å². The number of nitrogens with zero attached hydrogens (tertiary/aromatic N) is 2. The van der Waals surface area contributed by atoms with E-state index < -0.39 is 0 Å². The molecule has 0 aliphatic heterocycles. The molecule has 0 amide bonds. The normalized spacial score (nSPS) is 26.0. The second-order valence-corrected chi connectivity index (χ2v) is 5.10. The van der Waals surface area contributed by atoms with Crippen molar-refractivity contribution in [3.63, 3.8) is 0 Å². The molecule has 1 aromatic rings. The third-order valence-electron chi connectivity index (χ3n) is 2.83. The fraction of sp³-hybridized carbons (Fsp3) is 0.800. The van der Waals surface area contributed by atoms with E-state index in [9.17, 15) is 0 Å². The molecule has 4 nitrogen and oxygen atoms in total. The topological polar surface area (TPSA) is 51.0 Å². The minimum absolute atomic E-state index is 0.620. The zero-order valence-corrected chi connectivity index (χ0v) is 10.0. The summed E-state index contributed by atoms with van der Waals surface area (Å²) in [5.74, 6) is 1.33. The molecule has 0 radical (unpaired) electrons. The Labute approximate surface area is 94.2 Å². The van der Waals surface area contributed by atoms with Crippen LogP contribution in [0, 0.1) is 6.92 Å². The predicted molar refractivity (Wildman–Crippen MR) is 60.8 cm³/mol. The summed E-state index contributed by atoms with van der Waals surface area (Å²) in [6.45, 7) is 2.52. The molecule has 2 atom stereocenters. The van der Waals surface area contributed by atoms with Gasteiger partial charge in [-0.25, -0.2) is 0 Å². The first kappa shape index (κ1) is 11.0. The maximum atomic E-state index is 5.31. The first-order valence-corrected chi connectivity index (χ1v) is 6.62. The summed E-state index contributed by atoms with van der Waals surface area (Å²) in [7, 11) is 0. The highest BCUT2D eigenvalue weighted by Gasteiger charge is 2.23. The molecule has 84 valence electrons. The molecular formula is C10H17N3OS. The highest BCUT2D eigenvalue weighted by Crippen LogP contribution is 2.28. The summed E-state index contributed by atoms with van der Waals surface area (Å²) in [6, 6.07) is 0.620. The molecule has 15 heavy (non-hydrogen) atoms. The Hall–Kier alpha value is -0.550. The number of aromatic nitrogens is 2. The van der Waals surface area contributed by atoms with Crippen LogP contribution in [0.5, 0.6) is 0 Å². The lowest BCUT2D eigenvalue weighted by Gasteiger charge is -2.10. The Morgan fingerprint density at radius 3 is 2.93 bits per heavy atom. The standard InChI is InChI=1S/C10H17N3OS/c1-7-12-13-10(14-7)6-11-8-3-4-9(5-8)15-2/h8-9,11H,3-6H2,1-2H3. The van der Waals surface area contributed by atoms with Crippen molar-refractivity contribution in [2.24, 2.45) is 0 Å². The van der Waals surface area contributed by atoms with Gasteiger partial charge in [-0.3, -0.25) is 0 Å². The van der Waals surface area contributed by atoms with Crippen molar-refractivity contribution in [1.29, 1.82) is 0 Å². The smallest absolute Gasteiger partial charge is 0.230 e. The van der Waals surface area contributed by atoms with Crippen LogP contribution in [0.3, 0.4) is 0 Å². The van der Waals surface area contributed by atoms with Crippen LogP contribution in [0.25, 0.3) is 0 Å². The van der Waals surface area contributed by atoms with Gasteiger partial charge in [-0.05, 0) is 25.5 Å². The molecule has 1 fully saturated rings. The van der Waals surface area contributed by atoms with Crippen molar-refractivity contribution in [3.05, 3.63) is 11.8 Å². The van der Waals surface area contributed by atoms with Gasteiger partial charge in [0.15, 0.2) is 0 Å². The zero-order valence-electron chi connectivity index (χ0n) is 9.19. The van der Waals surface area contributed by atoms with Gasteiger partial charge in [0, 0.05) is 18.2 Å². The summed E-state index contributed by atoms with van der Waals surface area (Å²) >= 11 is 1.97. The largest absolute Gasteiger partial charge is 0.424 e. The maximum Gasteiger partial charge on any atom is 0.230 e. The summed E-state index contributed by atoms with van der Waals surface area (Å²) in [6.07, 6.45) is 6.03. The van der Waals surface area contributed by atoms with Crippen molar-refractivity contribution in [2.45, 2.75) is 44.0 Å². The maximum absolute atomic E-state index is 5.31. The first-order chi connectivity index (χ1) is 7.28. The zero-order chi connectivity index (χ0) is 10.7. The molecule has 0 spiro atoms. The fourth-order valence-electron chi connectivity index (χ4n) is 1.98. The van der Waals surface area contributed by atoms with E-state index in [2.05, 4.69) is 21.8 Å². The van der Waals surface area contributed by atoms with Gasteiger partial charge in [0.1, 0.15) is 0 Å². The number of rotatable bonds is 4. The van der Waals surface area contributed by atoms with E-state index >= 15 is 0 Å². The Bertz CT molecular complexity index is 315. The van der Waals surface area contributed by atoms with E-state index in [4.69, 9.17) is 4.42 Å². The average Bonchev–Trinajstić information content (AvgIpc) is 2.83. The summed E-state index contributed by atoms with van der Waals surface area (Å²) in [4.78, 5) is 0. The highest BCUT2D eigenvalue weighted by atomic mass is 32.2. The van der Waals surface area contributed by atoms with E-state index in [1.54, 1.807) is 0 Å². The number of hydrogen-bond acceptors (Lipinski definition) is 5. The minimum atomic E-state index is 0.620. The molecule has 2 rings (SSSR count). The Kier molecular flexibility index (Phi) is 3.64. The molecular weight excluding hydrogens is 210 g/mol.